The maximum absolute atomic E-state index is 12.9. The molecule has 2 heterocycles. The average Bonchev–Trinajstić information content (AvgIpc) is 2.82. The van der Waals surface area contributed by atoms with Crippen molar-refractivity contribution in [2.75, 3.05) is 0 Å². The molecule has 8 heteroatoms. The largest absolute Gasteiger partial charge is 0.487 e. The molecule has 0 saturated carbocycles. The summed E-state index contributed by atoms with van der Waals surface area (Å²) in [5, 5.41) is 0. The minimum absolute atomic E-state index is 0.0492. The normalized spacial score (nSPS) is 23.0. The van der Waals surface area contributed by atoms with Crippen LogP contribution in [-0.2, 0) is 15.7 Å². The monoisotopic (exact) mass is 357 g/mol. The zero-order chi connectivity index (χ0) is 18.6. The minimum Gasteiger partial charge on any atom is -0.487 e. The van der Waals surface area contributed by atoms with Crippen LogP contribution in [0.4, 0.5) is 18.0 Å². The summed E-state index contributed by atoms with van der Waals surface area (Å²) in [5.41, 5.74) is -1.25. The van der Waals surface area contributed by atoms with E-state index in [1.54, 1.807) is 20.8 Å². The van der Waals surface area contributed by atoms with Crippen LogP contribution in [0.5, 0.6) is 5.75 Å². The van der Waals surface area contributed by atoms with Crippen LogP contribution in [0.1, 0.15) is 50.8 Å². The van der Waals surface area contributed by atoms with E-state index in [0.717, 1.165) is 17.0 Å². The van der Waals surface area contributed by atoms with Crippen LogP contribution in [0.3, 0.4) is 0 Å². The highest BCUT2D eigenvalue weighted by Crippen LogP contribution is 2.47. The van der Waals surface area contributed by atoms with Gasteiger partial charge in [0.2, 0.25) is 5.91 Å². The Morgan fingerprint density at radius 1 is 1.28 bits per heavy atom. The van der Waals surface area contributed by atoms with Crippen LogP contribution in [0, 0.1) is 0 Å². The molecule has 5 nitrogen and oxygen atoms in total. The van der Waals surface area contributed by atoms with Crippen molar-refractivity contribution in [2.24, 2.45) is 0 Å². The maximum Gasteiger partial charge on any atom is 0.417 e. The number of carbonyl (C=O) groups excluding carboxylic acids is 2. The van der Waals surface area contributed by atoms with Crippen molar-refractivity contribution in [1.82, 2.24) is 4.90 Å². The predicted octanol–water partition coefficient (Wildman–Crippen LogP) is 4.07. The molecular formula is C17H18F3NO4. The smallest absolute Gasteiger partial charge is 0.417 e. The van der Waals surface area contributed by atoms with Gasteiger partial charge in [-0.25, -0.2) is 9.69 Å². The molecular weight excluding hydrogens is 339 g/mol. The maximum atomic E-state index is 12.9. The van der Waals surface area contributed by atoms with E-state index in [1.165, 1.54) is 6.07 Å². The molecule has 1 saturated heterocycles. The number of carbonyl (C=O) groups is 2. The third-order valence-electron chi connectivity index (χ3n) is 4.07. The molecule has 136 valence electrons. The molecule has 3 rings (SSSR count). The van der Waals surface area contributed by atoms with Crippen molar-refractivity contribution in [3.05, 3.63) is 29.3 Å². The van der Waals surface area contributed by atoms with Crippen molar-refractivity contribution < 1.29 is 32.2 Å². The molecule has 1 aromatic carbocycles. The van der Waals surface area contributed by atoms with Gasteiger partial charge in [0.15, 0.2) is 0 Å². The van der Waals surface area contributed by atoms with E-state index in [1.807, 2.05) is 0 Å². The first-order valence-corrected chi connectivity index (χ1v) is 7.90. The van der Waals surface area contributed by atoms with Gasteiger partial charge in [-0.3, -0.25) is 4.79 Å². The van der Waals surface area contributed by atoms with E-state index in [-0.39, 0.29) is 12.2 Å². The Hall–Kier alpha value is -2.25. The van der Waals surface area contributed by atoms with E-state index in [9.17, 15) is 22.8 Å². The van der Waals surface area contributed by atoms with Gasteiger partial charge in [0, 0.05) is 12.0 Å². The van der Waals surface area contributed by atoms with Crippen molar-refractivity contribution in [3.8, 4) is 5.75 Å². The topological polar surface area (TPSA) is 55.8 Å². The Labute approximate surface area is 142 Å². The van der Waals surface area contributed by atoms with Crippen LogP contribution in [0.25, 0.3) is 0 Å². The van der Waals surface area contributed by atoms with Crippen LogP contribution >= 0.6 is 0 Å². The van der Waals surface area contributed by atoms with Gasteiger partial charge in [-0.2, -0.15) is 13.2 Å². The van der Waals surface area contributed by atoms with Gasteiger partial charge in [0.25, 0.3) is 0 Å². The molecule has 0 radical (unpaired) electrons. The number of halogens is 3. The Morgan fingerprint density at radius 3 is 2.56 bits per heavy atom. The second-order valence-electron chi connectivity index (χ2n) is 7.13. The first-order valence-electron chi connectivity index (χ1n) is 7.90. The lowest BCUT2D eigenvalue weighted by molar-refractivity contribution is -0.138. The summed E-state index contributed by atoms with van der Waals surface area (Å²) in [4.78, 5) is 25.7. The number of imide groups is 1. The van der Waals surface area contributed by atoms with Crippen molar-refractivity contribution in [3.63, 3.8) is 0 Å². The second kappa shape index (κ2) is 5.64. The van der Waals surface area contributed by atoms with Crippen molar-refractivity contribution in [1.29, 1.82) is 0 Å². The molecule has 2 amide bonds. The highest BCUT2D eigenvalue weighted by Gasteiger charge is 2.48. The van der Waals surface area contributed by atoms with Gasteiger partial charge in [-0.05, 0) is 39.3 Å². The minimum atomic E-state index is -4.49. The van der Waals surface area contributed by atoms with Gasteiger partial charge in [-0.1, -0.05) is 6.07 Å². The molecule has 1 fully saturated rings. The highest BCUT2D eigenvalue weighted by atomic mass is 19.4. The summed E-state index contributed by atoms with van der Waals surface area (Å²) in [5.74, 6) is -0.375. The summed E-state index contributed by atoms with van der Waals surface area (Å²) < 4.78 is 49.5. The number of hydrogen-bond acceptors (Lipinski definition) is 4. The summed E-state index contributed by atoms with van der Waals surface area (Å²) in [6.45, 7) is 5.02. The third kappa shape index (κ3) is 3.29. The lowest BCUT2D eigenvalue weighted by atomic mass is 9.94. The van der Waals surface area contributed by atoms with E-state index in [0.29, 0.717) is 12.0 Å². The summed E-state index contributed by atoms with van der Waals surface area (Å²) in [6.07, 6.45) is -5.47. The Kier molecular flexibility index (Phi) is 3.96. The Bertz CT molecular complexity index is 724. The molecule has 25 heavy (non-hydrogen) atoms. The zero-order valence-corrected chi connectivity index (χ0v) is 14.0. The number of likely N-dealkylation sites (tertiary alicyclic amines) is 1. The quantitative estimate of drug-likeness (QED) is 0.702. The summed E-state index contributed by atoms with van der Waals surface area (Å²) in [7, 11) is 0. The van der Waals surface area contributed by atoms with Gasteiger partial charge in [-0.15, -0.1) is 0 Å². The number of fused-ring (bicyclic) bond motifs is 3. The first kappa shape index (κ1) is 17.6. The standard InChI is InChI=1S/C17H18F3NO4/c1-16(2,3)25-15(23)21-13(22)7-6-11-14(21)10-5-4-9(17(18,19)20)8-12(10)24-11/h4-5,8,11,14H,6-7H2,1-3H3. The average molecular weight is 357 g/mol. The number of hydrogen-bond donors (Lipinski definition) is 0. The van der Waals surface area contributed by atoms with Gasteiger partial charge >= 0.3 is 12.3 Å². The lowest BCUT2D eigenvalue weighted by Crippen LogP contribution is -2.49. The fourth-order valence-corrected chi connectivity index (χ4v) is 3.07. The lowest BCUT2D eigenvalue weighted by Gasteiger charge is -2.35. The van der Waals surface area contributed by atoms with Gasteiger partial charge < -0.3 is 9.47 Å². The van der Waals surface area contributed by atoms with Gasteiger partial charge in [0.1, 0.15) is 23.5 Å². The molecule has 2 atom stereocenters. The van der Waals surface area contributed by atoms with E-state index in [2.05, 4.69) is 0 Å². The molecule has 1 aromatic rings. The third-order valence-corrected chi connectivity index (χ3v) is 4.07. The molecule has 0 aromatic heterocycles. The number of piperidine rings is 1. The van der Waals surface area contributed by atoms with Gasteiger partial charge in [0.05, 0.1) is 5.56 Å². The fraction of sp³-hybridized carbons (Fsp3) is 0.529. The number of nitrogens with zero attached hydrogens (tertiary/aromatic N) is 1. The van der Waals surface area contributed by atoms with Crippen LogP contribution in [0.15, 0.2) is 18.2 Å². The number of amides is 2. The van der Waals surface area contributed by atoms with E-state index in [4.69, 9.17) is 9.47 Å². The van der Waals surface area contributed by atoms with Crippen molar-refractivity contribution in [2.45, 2.75) is 57.5 Å². The molecule has 2 aliphatic heterocycles. The number of rotatable bonds is 0. The molecule has 2 unspecified atom stereocenters. The molecule has 0 aliphatic carbocycles. The first-order chi connectivity index (χ1) is 11.5. The molecule has 0 N–H and O–H groups in total. The van der Waals surface area contributed by atoms with Crippen LogP contribution in [-0.4, -0.2) is 28.6 Å². The molecule has 0 spiro atoms. The van der Waals surface area contributed by atoms with E-state index >= 15 is 0 Å². The molecule has 0 bridgehead atoms. The number of ether oxygens (including phenoxy) is 2. The van der Waals surface area contributed by atoms with Crippen molar-refractivity contribution >= 4 is 12.0 Å². The Balaban J connectivity index is 1.97. The highest BCUT2D eigenvalue weighted by molar-refractivity contribution is 5.93. The Morgan fingerprint density at radius 2 is 1.96 bits per heavy atom. The van der Waals surface area contributed by atoms with Crippen LogP contribution in [0.2, 0.25) is 0 Å². The summed E-state index contributed by atoms with van der Waals surface area (Å²) in [6, 6.07) is 2.33. The van der Waals surface area contributed by atoms with E-state index < -0.39 is 41.5 Å². The second-order valence-corrected chi connectivity index (χ2v) is 7.13. The number of benzene rings is 1. The fourth-order valence-electron chi connectivity index (χ4n) is 3.07. The summed E-state index contributed by atoms with van der Waals surface area (Å²) >= 11 is 0. The number of alkyl halides is 3. The molecule has 2 aliphatic rings. The van der Waals surface area contributed by atoms with Crippen LogP contribution < -0.4 is 4.74 Å². The zero-order valence-electron chi connectivity index (χ0n) is 14.0. The predicted molar refractivity (Wildman–Crippen MR) is 80.9 cm³/mol. The SMILES string of the molecule is CC(C)(C)OC(=O)N1C(=O)CCC2Oc3cc(C(F)(F)F)ccc3C21.